The first-order chi connectivity index (χ1) is 6.92. The molecule has 2 aromatic rings. The first-order valence-electron chi connectivity index (χ1n) is 4.32. The average Bonchev–Trinajstić information content (AvgIpc) is 2.74. The van der Waals surface area contributed by atoms with E-state index in [2.05, 4.69) is 11.4 Å². The molecule has 1 aromatic carbocycles. The Labute approximate surface area is 82.3 Å². The molecule has 14 heavy (non-hydrogen) atoms. The van der Waals surface area contributed by atoms with Gasteiger partial charge in [-0.1, -0.05) is 35.5 Å². The Hall–Kier alpha value is -1.61. The molecular formula is C11H10NO2. The van der Waals surface area contributed by atoms with Gasteiger partial charge in [-0.3, -0.25) is 0 Å². The molecule has 0 spiro atoms. The summed E-state index contributed by atoms with van der Waals surface area (Å²) < 4.78 is 10.3. The molecule has 0 bridgehead atoms. The van der Waals surface area contributed by atoms with Crippen LogP contribution in [0.4, 0.5) is 0 Å². The van der Waals surface area contributed by atoms with E-state index in [9.17, 15) is 0 Å². The quantitative estimate of drug-likeness (QED) is 0.740. The Morgan fingerprint density at radius 1 is 1.36 bits per heavy atom. The lowest BCUT2D eigenvalue weighted by Crippen LogP contribution is -2.01. The van der Waals surface area contributed by atoms with Gasteiger partial charge in [0.05, 0.1) is 0 Å². The van der Waals surface area contributed by atoms with Gasteiger partial charge in [-0.2, -0.15) is 0 Å². The van der Waals surface area contributed by atoms with Gasteiger partial charge >= 0.3 is 0 Å². The van der Waals surface area contributed by atoms with Crippen LogP contribution in [0.1, 0.15) is 17.4 Å². The lowest BCUT2D eigenvalue weighted by Gasteiger charge is -2.11. The van der Waals surface area contributed by atoms with Crippen molar-refractivity contribution < 1.29 is 9.26 Å². The summed E-state index contributed by atoms with van der Waals surface area (Å²) >= 11 is 0. The van der Waals surface area contributed by atoms with Crippen LogP contribution in [-0.2, 0) is 4.74 Å². The van der Waals surface area contributed by atoms with E-state index in [0.717, 1.165) is 5.56 Å². The van der Waals surface area contributed by atoms with Crippen LogP contribution in [0.2, 0.25) is 0 Å². The lowest BCUT2D eigenvalue weighted by atomic mass is 10.1. The van der Waals surface area contributed by atoms with E-state index in [4.69, 9.17) is 9.26 Å². The number of ether oxygens (including phenoxy) is 1. The largest absolute Gasteiger partial charge is 0.369 e. The molecule has 1 aromatic heterocycles. The Kier molecular flexibility index (Phi) is 2.60. The molecule has 0 saturated carbocycles. The minimum Gasteiger partial charge on any atom is -0.369 e. The second-order valence-corrected chi connectivity index (χ2v) is 2.88. The third-order valence-electron chi connectivity index (χ3n) is 2.01. The molecule has 1 heterocycles. The maximum absolute atomic E-state index is 5.33. The summed E-state index contributed by atoms with van der Waals surface area (Å²) in [6.07, 6.45) is 2.42. The molecule has 1 atom stereocenters. The standard InChI is InChI=1S/C11H10NO2/c1-13-11(10-7-8-12-14-10)9-5-3-2-4-6-9/h2-7,11H,1H3. The number of hydrogen-bond acceptors (Lipinski definition) is 3. The van der Waals surface area contributed by atoms with E-state index in [1.807, 2.05) is 30.3 Å². The molecule has 0 N–H and O–H groups in total. The van der Waals surface area contributed by atoms with Crippen LogP contribution >= 0.6 is 0 Å². The molecule has 3 heteroatoms. The minimum atomic E-state index is -0.199. The summed E-state index contributed by atoms with van der Waals surface area (Å²) in [4.78, 5) is 0. The van der Waals surface area contributed by atoms with Crippen molar-refractivity contribution in [1.82, 2.24) is 5.16 Å². The second-order valence-electron chi connectivity index (χ2n) is 2.88. The van der Waals surface area contributed by atoms with Crippen molar-refractivity contribution >= 4 is 0 Å². The van der Waals surface area contributed by atoms with Crippen molar-refractivity contribution in [1.29, 1.82) is 0 Å². The maximum Gasteiger partial charge on any atom is 0.170 e. The Morgan fingerprint density at radius 3 is 2.71 bits per heavy atom. The van der Waals surface area contributed by atoms with Gasteiger partial charge in [-0.15, -0.1) is 0 Å². The average molecular weight is 188 g/mol. The van der Waals surface area contributed by atoms with E-state index >= 15 is 0 Å². The van der Waals surface area contributed by atoms with Crippen LogP contribution in [0, 0.1) is 6.20 Å². The molecule has 71 valence electrons. The molecule has 3 nitrogen and oxygen atoms in total. The smallest absolute Gasteiger partial charge is 0.170 e. The normalized spacial score (nSPS) is 12.6. The highest BCUT2D eigenvalue weighted by atomic mass is 16.5. The fourth-order valence-corrected chi connectivity index (χ4v) is 1.36. The van der Waals surface area contributed by atoms with Crippen LogP contribution in [0.3, 0.4) is 0 Å². The topological polar surface area (TPSA) is 35.3 Å². The van der Waals surface area contributed by atoms with E-state index in [1.165, 1.54) is 0 Å². The van der Waals surface area contributed by atoms with E-state index in [0.29, 0.717) is 5.76 Å². The van der Waals surface area contributed by atoms with Gasteiger partial charge in [-0.25, -0.2) is 0 Å². The third kappa shape index (κ3) is 1.67. The minimum absolute atomic E-state index is 0.199. The number of hydrogen-bond donors (Lipinski definition) is 0. The molecule has 0 aliphatic rings. The van der Waals surface area contributed by atoms with E-state index in [-0.39, 0.29) is 6.10 Å². The molecule has 0 amide bonds. The number of rotatable bonds is 3. The van der Waals surface area contributed by atoms with Crippen molar-refractivity contribution in [2.24, 2.45) is 0 Å². The first-order valence-corrected chi connectivity index (χ1v) is 4.32. The number of methoxy groups -OCH3 is 1. The molecule has 0 saturated heterocycles. The molecular weight excluding hydrogens is 178 g/mol. The zero-order valence-corrected chi connectivity index (χ0v) is 7.81. The van der Waals surface area contributed by atoms with Crippen molar-refractivity contribution in [2.75, 3.05) is 7.11 Å². The maximum atomic E-state index is 5.33. The number of aromatic nitrogens is 1. The zero-order valence-electron chi connectivity index (χ0n) is 7.81. The first kappa shape index (κ1) is 8.97. The highest BCUT2D eigenvalue weighted by Gasteiger charge is 2.16. The Bertz CT molecular complexity index is 369. The monoisotopic (exact) mass is 188 g/mol. The van der Waals surface area contributed by atoms with Gasteiger partial charge in [0, 0.05) is 13.2 Å². The molecule has 2 rings (SSSR count). The third-order valence-corrected chi connectivity index (χ3v) is 2.01. The van der Waals surface area contributed by atoms with Crippen LogP contribution in [-0.4, -0.2) is 12.3 Å². The highest BCUT2D eigenvalue weighted by molar-refractivity contribution is 5.23. The van der Waals surface area contributed by atoms with Gasteiger partial charge in [0.2, 0.25) is 0 Å². The van der Waals surface area contributed by atoms with Crippen molar-refractivity contribution in [3.05, 3.63) is 53.9 Å². The van der Waals surface area contributed by atoms with E-state index in [1.54, 1.807) is 13.2 Å². The van der Waals surface area contributed by atoms with Crippen molar-refractivity contribution in [3.63, 3.8) is 0 Å². The Balaban J connectivity index is 2.31. The molecule has 0 aliphatic heterocycles. The summed E-state index contributed by atoms with van der Waals surface area (Å²) in [5.41, 5.74) is 1.04. The fraction of sp³-hybridized carbons (Fsp3) is 0.182. The molecule has 1 radical (unpaired) electrons. The zero-order chi connectivity index (χ0) is 9.80. The SMILES string of the molecule is COC(c1ccccc1)c1c[c]no1. The molecule has 0 aliphatic carbocycles. The van der Waals surface area contributed by atoms with Gasteiger partial charge < -0.3 is 9.26 Å². The summed E-state index contributed by atoms with van der Waals surface area (Å²) in [5, 5.41) is 3.54. The molecule has 0 fully saturated rings. The highest BCUT2D eigenvalue weighted by Crippen LogP contribution is 2.24. The van der Waals surface area contributed by atoms with Crippen molar-refractivity contribution in [2.45, 2.75) is 6.10 Å². The fourth-order valence-electron chi connectivity index (χ4n) is 1.36. The van der Waals surface area contributed by atoms with Crippen LogP contribution in [0.25, 0.3) is 0 Å². The lowest BCUT2D eigenvalue weighted by molar-refractivity contribution is 0.109. The Morgan fingerprint density at radius 2 is 2.14 bits per heavy atom. The predicted octanol–water partition coefficient (Wildman–Crippen LogP) is 2.21. The summed E-state index contributed by atoms with van der Waals surface area (Å²) in [5.74, 6) is 0.665. The van der Waals surface area contributed by atoms with Crippen LogP contribution < -0.4 is 0 Å². The van der Waals surface area contributed by atoms with Crippen LogP contribution in [0.5, 0.6) is 0 Å². The summed E-state index contributed by atoms with van der Waals surface area (Å²) in [6, 6.07) is 11.5. The number of benzene rings is 1. The van der Waals surface area contributed by atoms with Crippen LogP contribution in [0.15, 0.2) is 40.9 Å². The van der Waals surface area contributed by atoms with Gasteiger partial charge in [0.1, 0.15) is 12.3 Å². The van der Waals surface area contributed by atoms with Gasteiger partial charge in [0.25, 0.3) is 0 Å². The molecule has 1 unspecified atom stereocenters. The summed E-state index contributed by atoms with van der Waals surface area (Å²) in [7, 11) is 1.64. The number of nitrogens with zero attached hydrogens (tertiary/aromatic N) is 1. The van der Waals surface area contributed by atoms with Gasteiger partial charge in [-0.05, 0) is 5.56 Å². The second kappa shape index (κ2) is 4.07. The summed E-state index contributed by atoms with van der Waals surface area (Å²) in [6.45, 7) is 0. The van der Waals surface area contributed by atoms with Crippen molar-refractivity contribution in [3.8, 4) is 0 Å². The van der Waals surface area contributed by atoms with Gasteiger partial charge in [0.15, 0.2) is 5.76 Å². The van der Waals surface area contributed by atoms with E-state index < -0.39 is 0 Å². The predicted molar refractivity (Wildman–Crippen MR) is 50.6 cm³/mol.